The smallest absolute Gasteiger partial charge is 0.168 e. The second-order valence-corrected chi connectivity index (χ2v) is 7.56. The number of benzene rings is 1. The van der Waals surface area contributed by atoms with Gasteiger partial charge in [0.25, 0.3) is 0 Å². The molecule has 0 saturated carbocycles. The predicted molar refractivity (Wildman–Crippen MR) is 108 cm³/mol. The lowest BCUT2D eigenvalue weighted by Gasteiger charge is -2.05. The van der Waals surface area contributed by atoms with E-state index in [1.54, 1.807) is 6.07 Å². The first-order valence-corrected chi connectivity index (χ1v) is 9.43. The van der Waals surface area contributed by atoms with Gasteiger partial charge in [-0.2, -0.15) is 5.26 Å². The van der Waals surface area contributed by atoms with Gasteiger partial charge in [0.15, 0.2) is 11.6 Å². The van der Waals surface area contributed by atoms with E-state index in [2.05, 4.69) is 25.3 Å². The van der Waals surface area contributed by atoms with Crippen molar-refractivity contribution in [1.82, 2.24) is 19.9 Å². The normalized spacial score (nSPS) is 10.8. The number of nitriles is 1. The summed E-state index contributed by atoms with van der Waals surface area (Å²) in [6.45, 7) is 1.83. The van der Waals surface area contributed by atoms with E-state index in [4.69, 9.17) is 28.5 Å². The van der Waals surface area contributed by atoms with E-state index in [0.717, 1.165) is 11.9 Å². The van der Waals surface area contributed by atoms with Crippen molar-refractivity contribution in [2.24, 2.45) is 0 Å². The Balaban J connectivity index is 1.86. The van der Waals surface area contributed by atoms with Gasteiger partial charge < -0.3 is 5.32 Å². The Morgan fingerprint density at radius 2 is 1.89 bits per heavy atom. The number of rotatable bonds is 3. The van der Waals surface area contributed by atoms with Gasteiger partial charge in [0, 0.05) is 17.3 Å². The second kappa shape index (κ2) is 7.28. The first-order chi connectivity index (χ1) is 13.5. The molecule has 6 nitrogen and oxygen atoms in total. The molecule has 10 heteroatoms. The van der Waals surface area contributed by atoms with Gasteiger partial charge in [-0.25, -0.2) is 24.3 Å². The van der Waals surface area contributed by atoms with Crippen LogP contribution >= 0.6 is 34.5 Å². The Kier molecular flexibility index (Phi) is 4.81. The number of aryl methyl sites for hydroxylation is 1. The zero-order valence-electron chi connectivity index (χ0n) is 14.2. The van der Waals surface area contributed by atoms with Crippen LogP contribution in [0, 0.1) is 24.1 Å². The van der Waals surface area contributed by atoms with Crippen molar-refractivity contribution < 1.29 is 4.39 Å². The molecular weight excluding hydrogens is 422 g/mol. The molecule has 0 aliphatic heterocycles. The molecule has 0 spiro atoms. The third-order valence-electron chi connectivity index (χ3n) is 3.81. The minimum absolute atomic E-state index is 0.139. The molecule has 28 heavy (non-hydrogen) atoms. The zero-order valence-corrected chi connectivity index (χ0v) is 16.5. The van der Waals surface area contributed by atoms with E-state index in [-0.39, 0.29) is 15.6 Å². The molecule has 0 radical (unpaired) electrons. The lowest BCUT2D eigenvalue weighted by molar-refractivity contribution is 0.632. The van der Waals surface area contributed by atoms with E-state index in [9.17, 15) is 4.39 Å². The molecule has 3 aromatic heterocycles. The summed E-state index contributed by atoms with van der Waals surface area (Å²) in [5, 5.41) is 13.0. The number of aromatic nitrogens is 4. The van der Waals surface area contributed by atoms with Gasteiger partial charge in [0.2, 0.25) is 0 Å². The number of hydrogen-bond acceptors (Lipinski definition) is 7. The molecule has 0 unspecified atom stereocenters. The van der Waals surface area contributed by atoms with Crippen LogP contribution in [0.5, 0.6) is 0 Å². The summed E-state index contributed by atoms with van der Waals surface area (Å²) in [5.41, 5.74) is 1.68. The van der Waals surface area contributed by atoms with Gasteiger partial charge in [-0.3, -0.25) is 0 Å². The third kappa shape index (κ3) is 3.36. The summed E-state index contributed by atoms with van der Waals surface area (Å²) in [4.78, 5) is 16.7. The van der Waals surface area contributed by atoms with Gasteiger partial charge in [0.05, 0.1) is 27.9 Å². The molecule has 138 valence electrons. The first-order valence-electron chi connectivity index (χ1n) is 7.86. The third-order valence-corrected chi connectivity index (χ3v) is 5.49. The maximum absolute atomic E-state index is 14.3. The Hall–Kier alpha value is -2.86. The maximum atomic E-state index is 14.3. The lowest BCUT2D eigenvalue weighted by Crippen LogP contribution is -1.98. The fourth-order valence-electron chi connectivity index (χ4n) is 2.57. The molecule has 4 rings (SSSR count). The van der Waals surface area contributed by atoms with Crippen molar-refractivity contribution >= 4 is 56.4 Å². The van der Waals surface area contributed by atoms with Gasteiger partial charge >= 0.3 is 0 Å². The van der Waals surface area contributed by atoms with Crippen LogP contribution in [0.4, 0.5) is 16.0 Å². The Morgan fingerprint density at radius 1 is 1.14 bits per heavy atom. The topological polar surface area (TPSA) is 87.4 Å². The van der Waals surface area contributed by atoms with Crippen molar-refractivity contribution in [2.45, 2.75) is 6.92 Å². The van der Waals surface area contributed by atoms with Crippen LogP contribution in [-0.4, -0.2) is 19.9 Å². The average Bonchev–Trinajstić information content (AvgIpc) is 3.09. The highest BCUT2D eigenvalue weighted by Crippen LogP contribution is 2.41. The van der Waals surface area contributed by atoms with Gasteiger partial charge in [0.1, 0.15) is 27.4 Å². The summed E-state index contributed by atoms with van der Waals surface area (Å²) in [6, 6.07) is 6.71. The minimum atomic E-state index is -0.567. The largest absolute Gasteiger partial charge is 0.324 e. The van der Waals surface area contributed by atoms with Crippen LogP contribution < -0.4 is 5.32 Å². The molecule has 0 amide bonds. The molecular formula is C18H9Cl2FN6S. The van der Waals surface area contributed by atoms with Crippen molar-refractivity contribution in [2.75, 3.05) is 5.32 Å². The van der Waals surface area contributed by atoms with E-state index in [1.807, 2.05) is 13.0 Å². The van der Waals surface area contributed by atoms with Crippen LogP contribution in [0.2, 0.25) is 10.0 Å². The molecule has 3 heterocycles. The first kappa shape index (κ1) is 18.5. The van der Waals surface area contributed by atoms with E-state index in [1.165, 1.54) is 29.8 Å². The van der Waals surface area contributed by atoms with Crippen molar-refractivity contribution in [3.05, 3.63) is 57.8 Å². The maximum Gasteiger partial charge on any atom is 0.168 e. The highest BCUT2D eigenvalue weighted by Gasteiger charge is 2.19. The van der Waals surface area contributed by atoms with Crippen LogP contribution in [0.1, 0.15) is 11.3 Å². The van der Waals surface area contributed by atoms with E-state index < -0.39 is 5.82 Å². The summed E-state index contributed by atoms with van der Waals surface area (Å²) in [5.74, 6) is 0.360. The van der Waals surface area contributed by atoms with Crippen molar-refractivity contribution in [3.63, 3.8) is 0 Å². The number of thiazole rings is 1. The van der Waals surface area contributed by atoms with Crippen LogP contribution in [0.3, 0.4) is 0 Å². The molecule has 0 fully saturated rings. The van der Waals surface area contributed by atoms with Crippen molar-refractivity contribution in [1.29, 1.82) is 5.26 Å². The highest BCUT2D eigenvalue weighted by molar-refractivity contribution is 7.22. The quantitative estimate of drug-likeness (QED) is 0.460. The molecule has 1 aromatic carbocycles. The lowest BCUT2D eigenvalue weighted by atomic mass is 10.1. The van der Waals surface area contributed by atoms with Gasteiger partial charge in [-0.1, -0.05) is 23.2 Å². The fraction of sp³-hybridized carbons (Fsp3) is 0.0556. The monoisotopic (exact) mass is 430 g/mol. The van der Waals surface area contributed by atoms with Crippen LogP contribution in [-0.2, 0) is 0 Å². The van der Waals surface area contributed by atoms with Crippen LogP contribution in [0.25, 0.3) is 20.8 Å². The van der Waals surface area contributed by atoms with Crippen molar-refractivity contribution in [3.8, 4) is 16.6 Å². The number of hydrogen-bond donors (Lipinski definition) is 1. The number of anilines is 2. The minimum Gasteiger partial charge on any atom is -0.324 e. The fourth-order valence-corrected chi connectivity index (χ4v) is 4.44. The standard InChI is InChI=1S/C18H9Cl2FN6S/c1-8-2-13(25-7-24-8)26-17-16-15(12(21)6-23-17)27-18(28-16)14-10(19)3-9(5-22)4-11(14)20/h2-4,6-7H,1H3,(H,23,24,25,26). The number of pyridine rings is 1. The second-order valence-electron chi connectivity index (χ2n) is 5.75. The molecule has 0 aliphatic carbocycles. The number of halogens is 3. The van der Waals surface area contributed by atoms with Gasteiger partial charge in [-0.15, -0.1) is 11.3 Å². The SMILES string of the molecule is Cc1cc(Nc2ncc(F)c3nc(-c4c(Cl)cc(C#N)cc4Cl)sc23)ncn1. The number of nitrogens with zero attached hydrogens (tertiary/aromatic N) is 5. The van der Waals surface area contributed by atoms with E-state index >= 15 is 0 Å². The summed E-state index contributed by atoms with van der Waals surface area (Å²) < 4.78 is 14.8. The highest BCUT2D eigenvalue weighted by atomic mass is 35.5. The Bertz CT molecular complexity index is 1240. The number of fused-ring (bicyclic) bond motifs is 1. The van der Waals surface area contributed by atoms with E-state index in [0.29, 0.717) is 32.5 Å². The molecule has 1 N–H and O–H groups in total. The summed E-state index contributed by atoms with van der Waals surface area (Å²) in [6.07, 6.45) is 2.51. The van der Waals surface area contributed by atoms with Crippen LogP contribution in [0.15, 0.2) is 30.7 Å². The molecule has 0 bridgehead atoms. The summed E-state index contributed by atoms with van der Waals surface area (Å²) in [7, 11) is 0. The molecule has 4 aromatic rings. The average molecular weight is 431 g/mol. The molecule has 0 saturated heterocycles. The number of nitrogens with one attached hydrogen (secondary N) is 1. The van der Waals surface area contributed by atoms with Gasteiger partial charge in [-0.05, 0) is 19.1 Å². The molecule has 0 aliphatic rings. The Labute approximate surface area is 172 Å². The molecule has 0 atom stereocenters. The Morgan fingerprint density at radius 3 is 2.57 bits per heavy atom. The summed E-state index contributed by atoms with van der Waals surface area (Å²) >= 11 is 13.8. The predicted octanol–water partition coefficient (Wildman–Crippen LogP) is 5.52. The zero-order chi connectivity index (χ0) is 19.8.